The molecule has 0 spiro atoms. The molecule has 2 N–H and O–H groups in total. The standard InChI is InChI=1S/C21H26N4O2S2/c1-15-14-24(20(28)22-16-4-8-18(26-2)9-5-16)12-13-25(15)21(29)23-17-6-10-19(27-3)11-7-17/h4-11,15H,12-14H2,1-3H3,(H,22,28)(H,23,29). The van der Waals surface area contributed by atoms with E-state index in [-0.39, 0.29) is 6.04 Å². The Bertz CT molecular complexity index is 843. The minimum Gasteiger partial charge on any atom is -0.497 e. The topological polar surface area (TPSA) is 49.0 Å². The van der Waals surface area contributed by atoms with Crippen molar-refractivity contribution in [3.05, 3.63) is 48.5 Å². The van der Waals surface area contributed by atoms with Crippen molar-refractivity contribution in [3.63, 3.8) is 0 Å². The number of thiocarbonyl (C=S) groups is 2. The summed E-state index contributed by atoms with van der Waals surface area (Å²) in [6, 6.07) is 15.7. The number of ether oxygens (including phenoxy) is 2. The molecule has 154 valence electrons. The van der Waals surface area contributed by atoms with Crippen LogP contribution in [0.2, 0.25) is 0 Å². The Morgan fingerprint density at radius 3 is 1.76 bits per heavy atom. The third kappa shape index (κ3) is 5.48. The SMILES string of the molecule is COc1ccc(NC(=S)N2CCN(C(=S)Nc3ccc(OC)cc3)C(C)C2)cc1. The lowest BCUT2D eigenvalue weighted by Crippen LogP contribution is -2.57. The second-order valence-electron chi connectivity index (χ2n) is 6.81. The van der Waals surface area contributed by atoms with E-state index in [2.05, 4.69) is 27.4 Å². The highest BCUT2D eigenvalue weighted by Crippen LogP contribution is 2.19. The predicted molar refractivity (Wildman–Crippen MR) is 126 cm³/mol. The normalized spacial score (nSPS) is 16.2. The van der Waals surface area contributed by atoms with Crippen LogP contribution < -0.4 is 20.1 Å². The molecule has 0 radical (unpaired) electrons. The molecule has 1 aliphatic heterocycles. The van der Waals surface area contributed by atoms with Crippen molar-refractivity contribution in [2.75, 3.05) is 44.5 Å². The molecule has 8 heteroatoms. The lowest BCUT2D eigenvalue weighted by molar-refractivity contribution is 0.200. The number of hydrogen-bond donors (Lipinski definition) is 2. The summed E-state index contributed by atoms with van der Waals surface area (Å²) in [5, 5.41) is 8.05. The van der Waals surface area contributed by atoms with E-state index in [1.165, 1.54) is 0 Å². The van der Waals surface area contributed by atoms with Crippen LogP contribution in [0.15, 0.2) is 48.5 Å². The zero-order valence-electron chi connectivity index (χ0n) is 16.8. The van der Waals surface area contributed by atoms with Gasteiger partial charge >= 0.3 is 0 Å². The van der Waals surface area contributed by atoms with E-state index in [1.807, 2.05) is 48.5 Å². The smallest absolute Gasteiger partial charge is 0.173 e. The fraction of sp³-hybridized carbons (Fsp3) is 0.333. The number of nitrogens with zero attached hydrogens (tertiary/aromatic N) is 2. The van der Waals surface area contributed by atoms with Crippen molar-refractivity contribution < 1.29 is 9.47 Å². The molecule has 0 amide bonds. The molecule has 0 aliphatic carbocycles. The lowest BCUT2D eigenvalue weighted by atomic mass is 10.2. The van der Waals surface area contributed by atoms with Crippen molar-refractivity contribution >= 4 is 46.0 Å². The van der Waals surface area contributed by atoms with Gasteiger partial charge in [0.15, 0.2) is 10.2 Å². The molecule has 0 saturated carbocycles. The van der Waals surface area contributed by atoms with Crippen LogP contribution in [0.3, 0.4) is 0 Å². The molecule has 1 aliphatic rings. The average molecular weight is 431 g/mol. The van der Waals surface area contributed by atoms with Crippen LogP contribution >= 0.6 is 24.4 Å². The van der Waals surface area contributed by atoms with Gasteiger partial charge in [0.1, 0.15) is 11.5 Å². The number of rotatable bonds is 4. The molecule has 0 bridgehead atoms. The first-order chi connectivity index (χ1) is 14.0. The average Bonchev–Trinajstić information content (AvgIpc) is 2.74. The zero-order chi connectivity index (χ0) is 20.8. The van der Waals surface area contributed by atoms with Gasteiger partial charge in [-0.1, -0.05) is 0 Å². The minimum atomic E-state index is 0.234. The highest BCUT2D eigenvalue weighted by atomic mass is 32.1. The second-order valence-corrected chi connectivity index (χ2v) is 7.58. The maximum atomic E-state index is 5.63. The van der Waals surface area contributed by atoms with E-state index in [9.17, 15) is 0 Å². The van der Waals surface area contributed by atoms with Gasteiger partial charge in [0.05, 0.1) is 14.2 Å². The van der Waals surface area contributed by atoms with E-state index < -0.39 is 0 Å². The molecule has 1 unspecified atom stereocenters. The van der Waals surface area contributed by atoms with E-state index in [1.54, 1.807) is 14.2 Å². The number of methoxy groups -OCH3 is 2. The molecule has 3 rings (SSSR count). The summed E-state index contributed by atoms with van der Waals surface area (Å²) >= 11 is 11.2. The monoisotopic (exact) mass is 430 g/mol. The number of hydrogen-bond acceptors (Lipinski definition) is 4. The van der Waals surface area contributed by atoms with Crippen LogP contribution in [0.25, 0.3) is 0 Å². The Labute approximate surface area is 182 Å². The number of benzene rings is 2. The van der Waals surface area contributed by atoms with Crippen LogP contribution in [0.4, 0.5) is 11.4 Å². The van der Waals surface area contributed by atoms with Crippen LogP contribution in [0, 0.1) is 0 Å². The van der Waals surface area contributed by atoms with Crippen molar-refractivity contribution in [2.45, 2.75) is 13.0 Å². The van der Waals surface area contributed by atoms with E-state index in [0.717, 1.165) is 52.7 Å². The molecule has 2 aromatic rings. The van der Waals surface area contributed by atoms with Crippen LogP contribution in [-0.4, -0.2) is 59.9 Å². The van der Waals surface area contributed by atoms with Crippen molar-refractivity contribution in [2.24, 2.45) is 0 Å². The maximum absolute atomic E-state index is 5.63. The summed E-state index contributed by atoms with van der Waals surface area (Å²) in [7, 11) is 3.31. The molecule has 1 fully saturated rings. The van der Waals surface area contributed by atoms with Gasteiger partial charge in [-0.05, 0) is 79.9 Å². The molecule has 29 heavy (non-hydrogen) atoms. The Hall–Kier alpha value is -2.58. The number of nitrogens with one attached hydrogen (secondary N) is 2. The zero-order valence-corrected chi connectivity index (χ0v) is 18.5. The first kappa shape index (κ1) is 21.1. The van der Waals surface area contributed by atoms with E-state index in [4.69, 9.17) is 33.9 Å². The van der Waals surface area contributed by atoms with Gasteiger partial charge in [-0.15, -0.1) is 0 Å². The quantitative estimate of drug-likeness (QED) is 0.711. The van der Waals surface area contributed by atoms with Crippen molar-refractivity contribution in [1.82, 2.24) is 9.80 Å². The van der Waals surface area contributed by atoms with E-state index >= 15 is 0 Å². The summed E-state index contributed by atoms with van der Waals surface area (Å²) in [6.07, 6.45) is 0. The molecular weight excluding hydrogens is 404 g/mol. The van der Waals surface area contributed by atoms with Gasteiger partial charge < -0.3 is 29.9 Å². The van der Waals surface area contributed by atoms with Gasteiger partial charge in [-0.3, -0.25) is 0 Å². The molecule has 6 nitrogen and oxygen atoms in total. The third-order valence-electron chi connectivity index (χ3n) is 4.86. The van der Waals surface area contributed by atoms with Crippen molar-refractivity contribution in [3.8, 4) is 11.5 Å². The molecule has 2 aromatic carbocycles. The minimum absolute atomic E-state index is 0.234. The summed E-state index contributed by atoms with van der Waals surface area (Å²) in [5.41, 5.74) is 1.89. The first-order valence-electron chi connectivity index (χ1n) is 9.42. The van der Waals surface area contributed by atoms with Gasteiger partial charge in [0, 0.05) is 37.1 Å². The predicted octanol–water partition coefficient (Wildman–Crippen LogP) is 3.80. The Balaban J connectivity index is 1.53. The Kier molecular flexibility index (Phi) is 7.11. The molecule has 1 heterocycles. The fourth-order valence-electron chi connectivity index (χ4n) is 3.19. The van der Waals surface area contributed by atoms with Crippen LogP contribution in [-0.2, 0) is 0 Å². The Morgan fingerprint density at radius 2 is 1.31 bits per heavy atom. The summed E-state index contributed by atoms with van der Waals surface area (Å²) in [5.74, 6) is 1.64. The van der Waals surface area contributed by atoms with Gasteiger partial charge in [-0.2, -0.15) is 0 Å². The lowest BCUT2D eigenvalue weighted by Gasteiger charge is -2.42. The molecular formula is C21H26N4O2S2. The molecule has 0 aromatic heterocycles. The molecule has 1 atom stereocenters. The van der Waals surface area contributed by atoms with Gasteiger partial charge in [0.2, 0.25) is 0 Å². The first-order valence-corrected chi connectivity index (χ1v) is 10.2. The fourth-order valence-corrected chi connectivity index (χ4v) is 3.86. The Morgan fingerprint density at radius 1 is 0.828 bits per heavy atom. The van der Waals surface area contributed by atoms with E-state index in [0.29, 0.717) is 0 Å². The highest BCUT2D eigenvalue weighted by molar-refractivity contribution is 7.80. The number of anilines is 2. The van der Waals surface area contributed by atoms with Crippen molar-refractivity contribution in [1.29, 1.82) is 0 Å². The largest absolute Gasteiger partial charge is 0.497 e. The van der Waals surface area contributed by atoms with Gasteiger partial charge in [-0.25, -0.2) is 0 Å². The summed E-state index contributed by atoms with van der Waals surface area (Å²) in [4.78, 5) is 4.38. The van der Waals surface area contributed by atoms with Gasteiger partial charge in [0.25, 0.3) is 0 Å². The summed E-state index contributed by atoms with van der Waals surface area (Å²) in [6.45, 7) is 4.56. The maximum Gasteiger partial charge on any atom is 0.173 e. The second kappa shape index (κ2) is 9.76. The highest BCUT2D eigenvalue weighted by Gasteiger charge is 2.27. The summed E-state index contributed by atoms with van der Waals surface area (Å²) < 4.78 is 10.4. The molecule has 1 saturated heterocycles. The van der Waals surface area contributed by atoms with Crippen LogP contribution in [0.1, 0.15) is 6.92 Å². The van der Waals surface area contributed by atoms with Crippen LogP contribution in [0.5, 0.6) is 11.5 Å². The third-order valence-corrected chi connectivity index (χ3v) is 5.55. The number of piperazine rings is 1.